The average Bonchev–Trinajstić information content (AvgIpc) is 2.85. The van der Waals surface area contributed by atoms with E-state index in [9.17, 15) is 0 Å². The number of nitrogens with zero attached hydrogens (tertiary/aromatic N) is 3. The van der Waals surface area contributed by atoms with Crippen molar-refractivity contribution in [2.45, 2.75) is 50.7 Å². The summed E-state index contributed by atoms with van der Waals surface area (Å²) in [5, 5.41) is 4.28. The molecule has 1 saturated heterocycles. The highest BCUT2D eigenvalue weighted by atomic mass is 16.5. The molecular weight excluding hydrogens is 238 g/mol. The van der Waals surface area contributed by atoms with Crippen LogP contribution in [-0.2, 0) is 11.3 Å². The molecule has 1 aliphatic heterocycles. The quantitative estimate of drug-likeness (QED) is 0.838. The third kappa shape index (κ3) is 3.37. The summed E-state index contributed by atoms with van der Waals surface area (Å²) in [6, 6.07) is 1.99. The van der Waals surface area contributed by atoms with Gasteiger partial charge in [-0.05, 0) is 18.9 Å². The van der Waals surface area contributed by atoms with E-state index in [2.05, 4.69) is 10.00 Å². The summed E-state index contributed by atoms with van der Waals surface area (Å²) in [7, 11) is 0. The standard InChI is InChI=1S/C15H25N3O/c1-2-4-7-15(6-3-1)14-17(12-13-19-15)10-11-18-9-5-8-16-18/h5,8-9H,1-4,6-7,10-14H2. The van der Waals surface area contributed by atoms with Gasteiger partial charge in [0.15, 0.2) is 0 Å². The highest BCUT2D eigenvalue weighted by molar-refractivity contribution is 4.89. The summed E-state index contributed by atoms with van der Waals surface area (Å²) in [4.78, 5) is 2.57. The highest BCUT2D eigenvalue weighted by Gasteiger charge is 2.36. The SMILES string of the molecule is c1cnn(CCN2CCOC3(CCCCCC3)C2)c1. The Kier molecular flexibility index (Phi) is 4.18. The fraction of sp³-hybridized carbons (Fsp3) is 0.800. The number of morpholine rings is 1. The van der Waals surface area contributed by atoms with Gasteiger partial charge in [-0.3, -0.25) is 9.58 Å². The van der Waals surface area contributed by atoms with E-state index in [1.54, 1.807) is 0 Å². The Bertz CT molecular complexity index is 369. The zero-order chi connectivity index (χ0) is 13.0. The topological polar surface area (TPSA) is 30.3 Å². The largest absolute Gasteiger partial charge is 0.372 e. The maximum Gasteiger partial charge on any atom is 0.0809 e. The van der Waals surface area contributed by atoms with E-state index in [1.165, 1.54) is 38.5 Å². The molecule has 1 aliphatic carbocycles. The lowest BCUT2D eigenvalue weighted by atomic mass is 9.92. The number of hydrogen-bond donors (Lipinski definition) is 0. The van der Waals surface area contributed by atoms with Crippen LogP contribution in [0.1, 0.15) is 38.5 Å². The Labute approximate surface area is 115 Å². The van der Waals surface area contributed by atoms with Crippen LogP contribution in [0.5, 0.6) is 0 Å². The minimum atomic E-state index is 0.166. The predicted octanol–water partition coefficient (Wildman–Crippen LogP) is 2.31. The van der Waals surface area contributed by atoms with Gasteiger partial charge in [0.25, 0.3) is 0 Å². The van der Waals surface area contributed by atoms with Crippen molar-refractivity contribution >= 4 is 0 Å². The lowest BCUT2D eigenvalue weighted by Crippen LogP contribution is -2.52. The van der Waals surface area contributed by atoms with Gasteiger partial charge < -0.3 is 4.74 Å². The predicted molar refractivity (Wildman–Crippen MR) is 75.1 cm³/mol. The van der Waals surface area contributed by atoms with Crippen molar-refractivity contribution in [1.29, 1.82) is 0 Å². The molecule has 2 fully saturated rings. The molecule has 2 aliphatic rings. The van der Waals surface area contributed by atoms with Crippen LogP contribution in [0.2, 0.25) is 0 Å². The summed E-state index contributed by atoms with van der Waals surface area (Å²) < 4.78 is 8.21. The van der Waals surface area contributed by atoms with Crippen molar-refractivity contribution in [3.63, 3.8) is 0 Å². The first-order valence-corrected chi connectivity index (χ1v) is 7.70. The van der Waals surface area contributed by atoms with Crippen molar-refractivity contribution in [2.24, 2.45) is 0 Å². The van der Waals surface area contributed by atoms with Crippen molar-refractivity contribution < 1.29 is 4.74 Å². The third-order valence-electron chi connectivity index (χ3n) is 4.55. The molecule has 0 atom stereocenters. The molecule has 1 saturated carbocycles. The van der Waals surface area contributed by atoms with Gasteiger partial charge in [-0.2, -0.15) is 5.10 Å². The smallest absolute Gasteiger partial charge is 0.0809 e. The molecule has 1 spiro atoms. The van der Waals surface area contributed by atoms with Gasteiger partial charge in [-0.25, -0.2) is 0 Å². The number of hydrogen-bond acceptors (Lipinski definition) is 3. The first-order valence-electron chi connectivity index (χ1n) is 7.70. The Morgan fingerprint density at radius 2 is 1.95 bits per heavy atom. The van der Waals surface area contributed by atoms with Crippen LogP contribution in [0.4, 0.5) is 0 Å². The molecule has 0 N–H and O–H groups in total. The van der Waals surface area contributed by atoms with E-state index in [-0.39, 0.29) is 5.60 Å². The van der Waals surface area contributed by atoms with Gasteiger partial charge in [0.2, 0.25) is 0 Å². The highest BCUT2D eigenvalue weighted by Crippen LogP contribution is 2.33. The van der Waals surface area contributed by atoms with Crippen LogP contribution in [0.15, 0.2) is 18.5 Å². The monoisotopic (exact) mass is 263 g/mol. The second-order valence-electron chi connectivity index (χ2n) is 5.99. The molecule has 1 aromatic heterocycles. The van der Waals surface area contributed by atoms with Crippen LogP contribution < -0.4 is 0 Å². The Morgan fingerprint density at radius 3 is 2.68 bits per heavy atom. The van der Waals surface area contributed by atoms with Crippen LogP contribution in [-0.4, -0.2) is 46.5 Å². The Hall–Kier alpha value is -0.870. The number of ether oxygens (including phenoxy) is 1. The van der Waals surface area contributed by atoms with Gasteiger partial charge in [0, 0.05) is 32.0 Å². The lowest BCUT2D eigenvalue weighted by Gasteiger charge is -2.42. The summed E-state index contributed by atoms with van der Waals surface area (Å²) in [6.07, 6.45) is 11.9. The molecule has 3 rings (SSSR count). The summed E-state index contributed by atoms with van der Waals surface area (Å²) in [5.74, 6) is 0. The van der Waals surface area contributed by atoms with E-state index in [0.717, 1.165) is 32.8 Å². The molecule has 1 aromatic rings. The molecule has 106 valence electrons. The number of aromatic nitrogens is 2. The fourth-order valence-corrected chi connectivity index (χ4v) is 3.47. The van der Waals surface area contributed by atoms with Crippen LogP contribution in [0, 0.1) is 0 Å². The minimum Gasteiger partial charge on any atom is -0.372 e. The lowest BCUT2D eigenvalue weighted by molar-refractivity contribution is -0.117. The molecule has 0 unspecified atom stereocenters. The minimum absolute atomic E-state index is 0.166. The van der Waals surface area contributed by atoms with E-state index in [1.807, 2.05) is 23.1 Å². The van der Waals surface area contributed by atoms with Gasteiger partial charge in [-0.1, -0.05) is 25.7 Å². The molecule has 4 nitrogen and oxygen atoms in total. The normalized spacial score (nSPS) is 24.4. The Balaban J connectivity index is 1.54. The molecule has 0 radical (unpaired) electrons. The molecule has 4 heteroatoms. The summed E-state index contributed by atoms with van der Waals surface area (Å²) in [6.45, 7) is 5.17. The summed E-state index contributed by atoms with van der Waals surface area (Å²) >= 11 is 0. The fourth-order valence-electron chi connectivity index (χ4n) is 3.47. The van der Waals surface area contributed by atoms with Gasteiger partial charge in [0.05, 0.1) is 18.8 Å². The summed E-state index contributed by atoms with van der Waals surface area (Å²) in [5.41, 5.74) is 0.166. The van der Waals surface area contributed by atoms with Crippen LogP contribution >= 0.6 is 0 Å². The van der Waals surface area contributed by atoms with Crippen molar-refractivity contribution in [2.75, 3.05) is 26.2 Å². The van der Waals surface area contributed by atoms with Crippen LogP contribution in [0.3, 0.4) is 0 Å². The zero-order valence-electron chi connectivity index (χ0n) is 11.8. The van der Waals surface area contributed by atoms with Crippen molar-refractivity contribution in [1.82, 2.24) is 14.7 Å². The maximum atomic E-state index is 6.19. The van der Waals surface area contributed by atoms with E-state index < -0.39 is 0 Å². The Morgan fingerprint density at radius 1 is 1.11 bits per heavy atom. The average molecular weight is 263 g/mol. The van der Waals surface area contributed by atoms with E-state index in [0.29, 0.717) is 0 Å². The molecule has 19 heavy (non-hydrogen) atoms. The molecule has 0 aromatic carbocycles. The number of rotatable bonds is 3. The second kappa shape index (κ2) is 6.06. The maximum absolute atomic E-state index is 6.19. The van der Waals surface area contributed by atoms with E-state index in [4.69, 9.17) is 4.74 Å². The molecule has 2 heterocycles. The van der Waals surface area contributed by atoms with Gasteiger partial charge in [-0.15, -0.1) is 0 Å². The van der Waals surface area contributed by atoms with Gasteiger partial charge >= 0.3 is 0 Å². The zero-order valence-corrected chi connectivity index (χ0v) is 11.8. The second-order valence-corrected chi connectivity index (χ2v) is 5.99. The molecule has 0 bridgehead atoms. The van der Waals surface area contributed by atoms with Crippen molar-refractivity contribution in [3.05, 3.63) is 18.5 Å². The third-order valence-corrected chi connectivity index (χ3v) is 4.55. The van der Waals surface area contributed by atoms with Crippen LogP contribution in [0.25, 0.3) is 0 Å². The first kappa shape index (κ1) is 13.1. The van der Waals surface area contributed by atoms with Gasteiger partial charge in [0.1, 0.15) is 0 Å². The molecule has 0 amide bonds. The van der Waals surface area contributed by atoms with E-state index >= 15 is 0 Å². The van der Waals surface area contributed by atoms with Crippen molar-refractivity contribution in [3.8, 4) is 0 Å². The molecular formula is C15H25N3O. The first-order chi connectivity index (χ1) is 9.36.